The molecule has 0 saturated heterocycles. The highest BCUT2D eigenvalue weighted by Gasteiger charge is 2.12. The number of carbonyl (C=O) groups is 1. The first-order chi connectivity index (χ1) is 8.97. The van der Waals surface area contributed by atoms with Crippen LogP contribution < -0.4 is 5.32 Å². The number of rotatable bonds is 3. The zero-order chi connectivity index (χ0) is 14.0. The molecule has 2 N–H and O–H groups in total. The van der Waals surface area contributed by atoms with Gasteiger partial charge in [-0.15, -0.1) is 0 Å². The summed E-state index contributed by atoms with van der Waals surface area (Å²) >= 11 is 14.9. The molecule has 0 aliphatic rings. The molecule has 2 aromatic rings. The Morgan fingerprint density at radius 3 is 2.63 bits per heavy atom. The Labute approximate surface area is 127 Å². The molecule has 1 heterocycles. The van der Waals surface area contributed by atoms with Crippen LogP contribution in [-0.4, -0.2) is 16.1 Å². The fraction of sp³-hybridized carbons (Fsp3) is 0. The number of nitrogens with zero attached hydrogens (tertiary/aromatic N) is 1. The normalized spacial score (nSPS) is 10.3. The lowest BCUT2D eigenvalue weighted by molar-refractivity contribution is 0.0697. The smallest absolute Gasteiger partial charge is 0.339 e. The zero-order valence-electron chi connectivity index (χ0n) is 9.32. The third-order valence-corrected chi connectivity index (χ3v) is 3.44. The summed E-state index contributed by atoms with van der Waals surface area (Å²) in [6, 6.07) is 6.36. The van der Waals surface area contributed by atoms with E-state index in [2.05, 4.69) is 26.2 Å². The highest BCUT2D eigenvalue weighted by atomic mass is 79.9. The minimum atomic E-state index is -1.07. The largest absolute Gasteiger partial charge is 0.478 e. The summed E-state index contributed by atoms with van der Waals surface area (Å²) in [5.41, 5.74) is 0.659. The fourth-order valence-electron chi connectivity index (χ4n) is 1.41. The number of carboxylic acids is 1. The Morgan fingerprint density at radius 2 is 2.00 bits per heavy atom. The van der Waals surface area contributed by atoms with Gasteiger partial charge in [0, 0.05) is 16.4 Å². The average molecular weight is 362 g/mol. The van der Waals surface area contributed by atoms with Crippen LogP contribution in [0.3, 0.4) is 0 Å². The average Bonchev–Trinajstić information content (AvgIpc) is 2.36. The molecular weight excluding hydrogens is 355 g/mol. The van der Waals surface area contributed by atoms with Crippen LogP contribution >= 0.6 is 39.1 Å². The van der Waals surface area contributed by atoms with Crippen LogP contribution in [0.5, 0.6) is 0 Å². The first-order valence-corrected chi connectivity index (χ1v) is 6.63. The number of aromatic nitrogens is 1. The van der Waals surface area contributed by atoms with Crippen molar-refractivity contribution >= 4 is 56.6 Å². The maximum atomic E-state index is 11.1. The highest BCUT2D eigenvalue weighted by Crippen LogP contribution is 2.28. The minimum absolute atomic E-state index is 0.0560. The van der Waals surface area contributed by atoms with E-state index in [9.17, 15) is 4.79 Å². The molecule has 0 radical (unpaired) electrons. The lowest BCUT2D eigenvalue weighted by Gasteiger charge is -2.09. The molecule has 98 valence electrons. The van der Waals surface area contributed by atoms with Crippen molar-refractivity contribution in [2.45, 2.75) is 0 Å². The molecule has 7 heteroatoms. The molecule has 0 saturated carbocycles. The molecule has 0 atom stereocenters. The van der Waals surface area contributed by atoms with Crippen molar-refractivity contribution in [2.75, 3.05) is 5.32 Å². The molecule has 2 rings (SSSR count). The number of benzene rings is 1. The van der Waals surface area contributed by atoms with Gasteiger partial charge >= 0.3 is 5.97 Å². The molecule has 0 bridgehead atoms. The van der Waals surface area contributed by atoms with Crippen LogP contribution in [0.1, 0.15) is 10.4 Å². The lowest BCUT2D eigenvalue weighted by atomic mass is 10.2. The van der Waals surface area contributed by atoms with E-state index < -0.39 is 5.97 Å². The molecule has 4 nitrogen and oxygen atoms in total. The van der Waals surface area contributed by atoms with E-state index in [1.807, 2.05) is 0 Å². The number of anilines is 2. The van der Waals surface area contributed by atoms with E-state index in [4.69, 9.17) is 28.3 Å². The summed E-state index contributed by atoms with van der Waals surface area (Å²) in [5, 5.41) is 12.8. The van der Waals surface area contributed by atoms with Crippen molar-refractivity contribution in [1.82, 2.24) is 4.98 Å². The first kappa shape index (κ1) is 14.1. The quantitative estimate of drug-likeness (QED) is 0.839. The van der Waals surface area contributed by atoms with Crippen molar-refractivity contribution in [1.29, 1.82) is 0 Å². The number of aromatic carboxylic acids is 1. The fourth-order valence-corrected chi connectivity index (χ4v) is 2.04. The predicted octanol–water partition coefficient (Wildman–Crippen LogP) is 4.59. The molecule has 19 heavy (non-hydrogen) atoms. The Kier molecular flexibility index (Phi) is 4.29. The van der Waals surface area contributed by atoms with Crippen LogP contribution in [0.15, 0.2) is 34.9 Å². The van der Waals surface area contributed by atoms with E-state index >= 15 is 0 Å². The third kappa shape index (κ3) is 3.37. The second-order valence-electron chi connectivity index (χ2n) is 3.61. The van der Waals surface area contributed by atoms with Gasteiger partial charge in [-0.05, 0) is 40.2 Å². The van der Waals surface area contributed by atoms with Gasteiger partial charge in [0.05, 0.1) is 10.0 Å². The monoisotopic (exact) mass is 360 g/mol. The van der Waals surface area contributed by atoms with Gasteiger partial charge in [-0.1, -0.05) is 23.2 Å². The first-order valence-electron chi connectivity index (χ1n) is 5.08. The summed E-state index contributed by atoms with van der Waals surface area (Å²) in [7, 11) is 0. The van der Waals surface area contributed by atoms with E-state index in [1.54, 1.807) is 18.2 Å². The van der Waals surface area contributed by atoms with Crippen LogP contribution in [0.2, 0.25) is 10.0 Å². The van der Waals surface area contributed by atoms with Crippen LogP contribution in [-0.2, 0) is 0 Å². The Morgan fingerprint density at radius 1 is 1.26 bits per heavy atom. The summed E-state index contributed by atoms with van der Waals surface area (Å²) in [6.07, 6.45) is 1.51. The number of hydrogen-bond donors (Lipinski definition) is 2. The molecule has 1 aromatic carbocycles. The van der Waals surface area contributed by atoms with Crippen LogP contribution in [0, 0.1) is 0 Å². The topological polar surface area (TPSA) is 62.2 Å². The number of hydrogen-bond acceptors (Lipinski definition) is 3. The van der Waals surface area contributed by atoms with Crippen LogP contribution in [0.25, 0.3) is 0 Å². The Bertz CT molecular complexity index is 650. The van der Waals surface area contributed by atoms with Gasteiger partial charge in [-0.25, -0.2) is 9.78 Å². The van der Waals surface area contributed by atoms with Crippen molar-refractivity contribution in [3.05, 3.63) is 50.5 Å². The molecule has 0 spiro atoms. The van der Waals surface area contributed by atoms with E-state index in [-0.39, 0.29) is 11.4 Å². The molecular formula is C12H7BrCl2N2O2. The van der Waals surface area contributed by atoms with Crippen molar-refractivity contribution in [3.63, 3.8) is 0 Å². The molecule has 0 amide bonds. The van der Waals surface area contributed by atoms with Gasteiger partial charge in [0.25, 0.3) is 0 Å². The SMILES string of the molecule is O=C(O)c1cc(Br)cnc1Nc1ccc(Cl)c(Cl)c1. The van der Waals surface area contributed by atoms with Gasteiger partial charge in [0.2, 0.25) is 0 Å². The number of carboxylic acid groups (broad SMARTS) is 1. The molecule has 0 unspecified atom stereocenters. The summed E-state index contributed by atoms with van der Waals surface area (Å²) < 4.78 is 0.588. The lowest BCUT2D eigenvalue weighted by Crippen LogP contribution is -2.04. The van der Waals surface area contributed by atoms with E-state index in [1.165, 1.54) is 12.3 Å². The Balaban J connectivity index is 2.37. The summed E-state index contributed by atoms with van der Waals surface area (Å²) in [5.74, 6) is -0.842. The van der Waals surface area contributed by atoms with Crippen molar-refractivity contribution in [3.8, 4) is 0 Å². The van der Waals surface area contributed by atoms with Gasteiger partial charge in [-0.3, -0.25) is 0 Å². The van der Waals surface area contributed by atoms with E-state index in [0.29, 0.717) is 20.2 Å². The maximum absolute atomic E-state index is 11.1. The van der Waals surface area contributed by atoms with E-state index in [0.717, 1.165) is 0 Å². The predicted molar refractivity (Wildman–Crippen MR) is 78.6 cm³/mol. The second kappa shape index (κ2) is 5.77. The van der Waals surface area contributed by atoms with Gasteiger partial charge < -0.3 is 10.4 Å². The standard InChI is InChI=1S/C12H7BrCl2N2O2/c13-6-3-8(12(18)19)11(16-5-6)17-7-1-2-9(14)10(15)4-7/h1-5H,(H,16,17)(H,18,19). The summed E-state index contributed by atoms with van der Waals surface area (Å²) in [4.78, 5) is 15.2. The maximum Gasteiger partial charge on any atom is 0.339 e. The van der Waals surface area contributed by atoms with Gasteiger partial charge in [0.15, 0.2) is 0 Å². The molecule has 1 aromatic heterocycles. The molecule has 0 aliphatic heterocycles. The zero-order valence-corrected chi connectivity index (χ0v) is 12.4. The van der Waals surface area contributed by atoms with Crippen molar-refractivity contribution < 1.29 is 9.90 Å². The number of pyridine rings is 1. The molecule has 0 fully saturated rings. The van der Waals surface area contributed by atoms with Gasteiger partial charge in [0.1, 0.15) is 11.4 Å². The third-order valence-electron chi connectivity index (χ3n) is 2.27. The highest BCUT2D eigenvalue weighted by molar-refractivity contribution is 9.10. The number of halogens is 3. The summed E-state index contributed by atoms with van der Waals surface area (Å²) in [6.45, 7) is 0. The minimum Gasteiger partial charge on any atom is -0.478 e. The molecule has 0 aliphatic carbocycles. The van der Waals surface area contributed by atoms with Gasteiger partial charge in [-0.2, -0.15) is 0 Å². The van der Waals surface area contributed by atoms with Crippen LogP contribution in [0.4, 0.5) is 11.5 Å². The number of nitrogens with one attached hydrogen (secondary N) is 1. The Hall–Kier alpha value is -1.30. The second-order valence-corrected chi connectivity index (χ2v) is 5.34. The van der Waals surface area contributed by atoms with Crippen molar-refractivity contribution in [2.24, 2.45) is 0 Å².